The van der Waals surface area contributed by atoms with Gasteiger partial charge in [0.2, 0.25) is 5.95 Å². The summed E-state index contributed by atoms with van der Waals surface area (Å²) in [6, 6.07) is 6.13. The molecule has 0 aromatic carbocycles. The van der Waals surface area contributed by atoms with Gasteiger partial charge in [-0.15, -0.1) is 11.3 Å². The topological polar surface area (TPSA) is 28.2 Å². The maximum Gasteiger partial charge on any atom is 0.214 e. The molecule has 5 heteroatoms. The van der Waals surface area contributed by atoms with E-state index in [9.17, 15) is 4.39 Å². The molecule has 3 heterocycles. The van der Waals surface area contributed by atoms with Gasteiger partial charge < -0.3 is 10.2 Å². The van der Waals surface area contributed by atoms with Crippen LogP contribution >= 0.6 is 11.3 Å². The Morgan fingerprint density at radius 1 is 1.55 bits per heavy atom. The predicted octanol–water partition coefficient (Wildman–Crippen LogP) is 3.00. The van der Waals surface area contributed by atoms with Crippen molar-refractivity contribution >= 4 is 17.0 Å². The van der Waals surface area contributed by atoms with Crippen molar-refractivity contribution in [2.75, 3.05) is 25.0 Å². The summed E-state index contributed by atoms with van der Waals surface area (Å²) in [7, 11) is 1.97. The number of pyridine rings is 1. The zero-order valence-corrected chi connectivity index (χ0v) is 12.3. The summed E-state index contributed by atoms with van der Waals surface area (Å²) in [5, 5.41) is 5.31. The first-order valence-electron chi connectivity index (χ1n) is 6.88. The Bertz CT molecular complexity index is 571. The van der Waals surface area contributed by atoms with Crippen LogP contribution in [0.3, 0.4) is 0 Å². The molecule has 106 valence electrons. The Kier molecular flexibility index (Phi) is 3.98. The molecule has 2 aromatic rings. The summed E-state index contributed by atoms with van der Waals surface area (Å²) in [5.41, 5.74) is 2.16. The number of nitrogens with zero attached hydrogens (tertiary/aromatic N) is 2. The number of nitrogens with one attached hydrogen (secondary N) is 1. The van der Waals surface area contributed by atoms with Crippen LogP contribution in [0.2, 0.25) is 0 Å². The van der Waals surface area contributed by atoms with Gasteiger partial charge in [-0.25, -0.2) is 4.98 Å². The van der Waals surface area contributed by atoms with Gasteiger partial charge in [0, 0.05) is 29.4 Å². The molecule has 3 rings (SSSR count). The van der Waals surface area contributed by atoms with Gasteiger partial charge in [0.15, 0.2) is 0 Å². The predicted molar refractivity (Wildman–Crippen MR) is 80.8 cm³/mol. The maximum atomic E-state index is 13.4. The number of fused-ring (bicyclic) bond motifs is 1. The number of hydrogen-bond acceptors (Lipinski definition) is 4. The SMILES string of the molecule is CNCC[C@@H](c1cccs1)N1CCc2cnc(F)cc21. The van der Waals surface area contributed by atoms with Crippen LogP contribution < -0.4 is 10.2 Å². The number of aromatic nitrogens is 1. The van der Waals surface area contributed by atoms with Crippen molar-refractivity contribution in [3.8, 4) is 0 Å². The Labute approximate surface area is 122 Å². The minimum atomic E-state index is -0.394. The van der Waals surface area contributed by atoms with Crippen LogP contribution in [-0.2, 0) is 6.42 Å². The van der Waals surface area contributed by atoms with Crippen molar-refractivity contribution in [2.24, 2.45) is 0 Å². The highest BCUT2D eigenvalue weighted by Gasteiger charge is 2.28. The van der Waals surface area contributed by atoms with Gasteiger partial charge in [0.1, 0.15) is 0 Å². The van der Waals surface area contributed by atoms with Crippen molar-refractivity contribution in [1.29, 1.82) is 0 Å². The van der Waals surface area contributed by atoms with Crippen molar-refractivity contribution in [2.45, 2.75) is 18.9 Å². The molecule has 3 nitrogen and oxygen atoms in total. The Morgan fingerprint density at radius 3 is 3.20 bits per heavy atom. The summed E-state index contributed by atoms with van der Waals surface area (Å²) < 4.78 is 13.4. The van der Waals surface area contributed by atoms with E-state index in [1.165, 1.54) is 4.88 Å². The van der Waals surface area contributed by atoms with E-state index < -0.39 is 5.95 Å². The van der Waals surface area contributed by atoms with Crippen LogP contribution in [0.1, 0.15) is 22.9 Å². The van der Waals surface area contributed by atoms with Crippen LogP contribution in [0.5, 0.6) is 0 Å². The summed E-state index contributed by atoms with van der Waals surface area (Å²) >= 11 is 1.77. The molecule has 20 heavy (non-hydrogen) atoms. The average molecular weight is 291 g/mol. The third-order valence-corrected chi connectivity index (χ3v) is 4.75. The lowest BCUT2D eigenvalue weighted by Crippen LogP contribution is -2.28. The molecule has 2 aromatic heterocycles. The maximum absolute atomic E-state index is 13.4. The molecule has 1 aliphatic rings. The molecule has 0 spiro atoms. The van der Waals surface area contributed by atoms with Crippen molar-refractivity contribution in [3.05, 3.63) is 46.2 Å². The largest absolute Gasteiger partial charge is 0.363 e. The normalized spacial score (nSPS) is 15.4. The third-order valence-electron chi connectivity index (χ3n) is 3.78. The first-order valence-corrected chi connectivity index (χ1v) is 7.76. The molecule has 1 atom stereocenters. The van der Waals surface area contributed by atoms with Gasteiger partial charge in [-0.1, -0.05) is 6.07 Å². The minimum Gasteiger partial charge on any atom is -0.363 e. The molecule has 0 aliphatic carbocycles. The van der Waals surface area contributed by atoms with Crippen molar-refractivity contribution in [1.82, 2.24) is 10.3 Å². The number of halogens is 1. The lowest BCUT2D eigenvalue weighted by molar-refractivity contribution is 0.568. The molecular formula is C15H18FN3S. The van der Waals surface area contributed by atoms with Gasteiger partial charge >= 0.3 is 0 Å². The van der Waals surface area contributed by atoms with Crippen molar-refractivity contribution < 1.29 is 4.39 Å². The smallest absolute Gasteiger partial charge is 0.214 e. The fourth-order valence-electron chi connectivity index (χ4n) is 2.81. The van der Waals surface area contributed by atoms with E-state index in [0.29, 0.717) is 6.04 Å². The average Bonchev–Trinajstić information content (AvgIpc) is 3.09. The summed E-state index contributed by atoms with van der Waals surface area (Å²) in [5.74, 6) is -0.394. The van der Waals surface area contributed by atoms with Crippen LogP contribution in [0, 0.1) is 5.95 Å². The fourth-order valence-corrected chi connectivity index (χ4v) is 3.68. The molecule has 0 saturated carbocycles. The van der Waals surface area contributed by atoms with E-state index in [1.54, 1.807) is 23.6 Å². The quantitative estimate of drug-likeness (QED) is 0.858. The highest BCUT2D eigenvalue weighted by molar-refractivity contribution is 7.10. The Morgan fingerprint density at radius 2 is 2.45 bits per heavy atom. The summed E-state index contributed by atoms with van der Waals surface area (Å²) in [4.78, 5) is 7.43. The minimum absolute atomic E-state index is 0.311. The van der Waals surface area contributed by atoms with Crippen LogP contribution in [0.4, 0.5) is 10.1 Å². The Hall–Kier alpha value is -1.46. The molecule has 0 saturated heterocycles. The molecule has 0 unspecified atom stereocenters. The van der Waals surface area contributed by atoms with Crippen LogP contribution in [-0.4, -0.2) is 25.1 Å². The molecule has 0 radical (unpaired) electrons. The van der Waals surface area contributed by atoms with Gasteiger partial charge in [0.05, 0.1) is 6.04 Å². The number of anilines is 1. The zero-order chi connectivity index (χ0) is 13.9. The highest BCUT2D eigenvalue weighted by atomic mass is 32.1. The monoisotopic (exact) mass is 291 g/mol. The second kappa shape index (κ2) is 5.89. The number of thiophene rings is 1. The lowest BCUT2D eigenvalue weighted by Gasteiger charge is -2.29. The lowest BCUT2D eigenvalue weighted by atomic mass is 10.1. The van der Waals surface area contributed by atoms with E-state index in [4.69, 9.17) is 0 Å². The van der Waals surface area contributed by atoms with E-state index in [-0.39, 0.29) is 0 Å². The molecular weight excluding hydrogens is 273 g/mol. The second-order valence-corrected chi connectivity index (χ2v) is 5.98. The van der Waals surface area contributed by atoms with Gasteiger partial charge in [-0.2, -0.15) is 4.39 Å². The number of hydrogen-bond donors (Lipinski definition) is 1. The van der Waals surface area contributed by atoms with E-state index in [2.05, 4.69) is 32.7 Å². The molecule has 0 bridgehead atoms. The molecule has 1 N–H and O–H groups in total. The molecule has 0 fully saturated rings. The Balaban J connectivity index is 1.91. The number of rotatable bonds is 5. The molecule has 1 aliphatic heterocycles. The fraction of sp³-hybridized carbons (Fsp3) is 0.400. The summed E-state index contributed by atoms with van der Waals surface area (Å²) in [6.07, 6.45) is 3.64. The third kappa shape index (κ3) is 2.55. The van der Waals surface area contributed by atoms with Crippen molar-refractivity contribution in [3.63, 3.8) is 0 Å². The van der Waals surface area contributed by atoms with Gasteiger partial charge in [0.25, 0.3) is 0 Å². The summed E-state index contributed by atoms with van der Waals surface area (Å²) in [6.45, 7) is 1.88. The van der Waals surface area contributed by atoms with Gasteiger partial charge in [-0.3, -0.25) is 0 Å². The highest BCUT2D eigenvalue weighted by Crippen LogP contribution is 2.37. The molecule has 0 amide bonds. The first-order chi connectivity index (χ1) is 9.79. The van der Waals surface area contributed by atoms with E-state index in [1.807, 2.05) is 7.05 Å². The first kappa shape index (κ1) is 13.5. The van der Waals surface area contributed by atoms with Crippen LogP contribution in [0.15, 0.2) is 29.8 Å². The van der Waals surface area contributed by atoms with Crippen LogP contribution in [0.25, 0.3) is 0 Å². The zero-order valence-electron chi connectivity index (χ0n) is 11.5. The second-order valence-electron chi connectivity index (χ2n) is 5.00. The van der Waals surface area contributed by atoms with E-state index in [0.717, 1.165) is 37.2 Å². The standard InChI is InChI=1S/C15H18FN3S/c1-17-6-4-12(14-3-2-8-20-14)19-7-5-11-10-18-15(16)9-13(11)19/h2-3,8-10,12,17H,4-7H2,1H3/t12-/m0/s1. The van der Waals surface area contributed by atoms with Gasteiger partial charge in [-0.05, 0) is 43.4 Å². The van der Waals surface area contributed by atoms with E-state index >= 15 is 0 Å².